The molecule has 4 rings (SSSR count). The highest BCUT2D eigenvalue weighted by atomic mass is 16.5. The Kier molecular flexibility index (Phi) is 4.48. The summed E-state index contributed by atoms with van der Waals surface area (Å²) >= 11 is 0. The number of nitrogens with one attached hydrogen (secondary N) is 1. The maximum atomic E-state index is 12.5. The number of carbonyl (C=O) groups is 1. The fourth-order valence-electron chi connectivity index (χ4n) is 3.27. The summed E-state index contributed by atoms with van der Waals surface area (Å²) in [5, 5.41) is 23.2. The third-order valence-electron chi connectivity index (χ3n) is 4.65. The van der Waals surface area contributed by atoms with E-state index in [1.165, 1.54) is 12.5 Å². The maximum absolute atomic E-state index is 12.5. The van der Waals surface area contributed by atoms with Crippen molar-refractivity contribution in [3.05, 3.63) is 54.5 Å². The zero-order chi connectivity index (χ0) is 19.0. The number of hydrogen-bond acceptors (Lipinski definition) is 7. The molecule has 1 amide bonds. The monoisotopic (exact) mass is 369 g/mol. The van der Waals surface area contributed by atoms with Crippen LogP contribution in [0.3, 0.4) is 0 Å². The standard InChI is InChI=1S/C18H19N5O4/c19-11-6-7-20-16-13(11)21-9-23(16)18-15(25)14(12(8-24)27-18)22-17(26)10-4-2-1-3-5-10/h1-7,9,12,14-15,18,24-25H,8H2,(H2,19,20)(H,22,26)/t12-,14?,15+,18-/m1/s1. The van der Waals surface area contributed by atoms with Crippen LogP contribution in [0.15, 0.2) is 48.9 Å². The average molecular weight is 369 g/mol. The second-order valence-corrected chi connectivity index (χ2v) is 6.33. The number of amides is 1. The molecule has 27 heavy (non-hydrogen) atoms. The molecule has 3 aromatic rings. The van der Waals surface area contributed by atoms with Gasteiger partial charge in [-0.25, -0.2) is 9.97 Å². The quantitative estimate of drug-likeness (QED) is 0.511. The van der Waals surface area contributed by atoms with Crippen molar-refractivity contribution in [3.63, 3.8) is 0 Å². The number of imidazole rings is 1. The number of hydrogen-bond donors (Lipinski definition) is 4. The number of anilines is 1. The molecule has 0 bridgehead atoms. The summed E-state index contributed by atoms with van der Waals surface area (Å²) in [5.74, 6) is -0.361. The molecule has 2 aromatic heterocycles. The molecule has 4 atom stereocenters. The van der Waals surface area contributed by atoms with E-state index in [1.807, 2.05) is 0 Å². The van der Waals surface area contributed by atoms with Gasteiger partial charge in [-0.3, -0.25) is 9.36 Å². The first-order chi connectivity index (χ1) is 13.1. The van der Waals surface area contributed by atoms with E-state index in [0.29, 0.717) is 22.4 Å². The van der Waals surface area contributed by atoms with Crippen LogP contribution in [0.5, 0.6) is 0 Å². The van der Waals surface area contributed by atoms with Gasteiger partial charge in [-0.05, 0) is 18.2 Å². The fourth-order valence-corrected chi connectivity index (χ4v) is 3.27. The number of carbonyl (C=O) groups excluding carboxylic acids is 1. The Morgan fingerprint density at radius 3 is 2.78 bits per heavy atom. The van der Waals surface area contributed by atoms with Crippen molar-refractivity contribution in [3.8, 4) is 0 Å². The minimum absolute atomic E-state index is 0.361. The number of benzene rings is 1. The summed E-state index contributed by atoms with van der Waals surface area (Å²) in [6.45, 7) is -0.366. The largest absolute Gasteiger partial charge is 0.397 e. The number of aromatic nitrogens is 3. The predicted octanol–water partition coefficient (Wildman–Crippen LogP) is 0.0627. The van der Waals surface area contributed by atoms with Gasteiger partial charge < -0.3 is 26.0 Å². The number of pyridine rings is 1. The highest BCUT2D eigenvalue weighted by molar-refractivity contribution is 5.94. The molecule has 1 aromatic carbocycles. The number of nitrogens with two attached hydrogens (primary N) is 1. The SMILES string of the molecule is Nc1ccnc2c1ncn2[C@@H]1O[C@H](CO)C(NC(=O)c2ccccc2)[C@@H]1O. The topological polar surface area (TPSA) is 136 Å². The van der Waals surface area contributed by atoms with Crippen molar-refractivity contribution in [1.29, 1.82) is 0 Å². The Labute approximate surface area is 154 Å². The highest BCUT2D eigenvalue weighted by Crippen LogP contribution is 2.32. The van der Waals surface area contributed by atoms with Crippen LogP contribution in [0, 0.1) is 0 Å². The van der Waals surface area contributed by atoms with E-state index in [-0.39, 0.29) is 12.5 Å². The first-order valence-electron chi connectivity index (χ1n) is 8.47. The first kappa shape index (κ1) is 17.4. The number of nitrogen functional groups attached to an aromatic ring is 1. The van der Waals surface area contributed by atoms with Gasteiger partial charge in [0.25, 0.3) is 5.91 Å². The minimum Gasteiger partial charge on any atom is -0.397 e. The lowest BCUT2D eigenvalue weighted by molar-refractivity contribution is -0.0489. The second kappa shape index (κ2) is 6.95. The molecule has 0 spiro atoms. The lowest BCUT2D eigenvalue weighted by Gasteiger charge is -2.20. The smallest absolute Gasteiger partial charge is 0.251 e. The molecule has 1 fully saturated rings. The van der Waals surface area contributed by atoms with Gasteiger partial charge in [0.15, 0.2) is 11.9 Å². The van der Waals surface area contributed by atoms with Crippen LogP contribution < -0.4 is 11.1 Å². The van der Waals surface area contributed by atoms with E-state index in [9.17, 15) is 15.0 Å². The van der Waals surface area contributed by atoms with Gasteiger partial charge in [-0.1, -0.05) is 18.2 Å². The number of aliphatic hydroxyl groups is 2. The van der Waals surface area contributed by atoms with E-state index in [2.05, 4.69) is 15.3 Å². The van der Waals surface area contributed by atoms with Crippen LogP contribution in [0.1, 0.15) is 16.6 Å². The normalized spacial score (nSPS) is 25.0. The molecule has 140 valence electrons. The second-order valence-electron chi connectivity index (χ2n) is 6.33. The number of fused-ring (bicyclic) bond motifs is 1. The van der Waals surface area contributed by atoms with E-state index in [1.54, 1.807) is 41.0 Å². The van der Waals surface area contributed by atoms with E-state index in [0.717, 1.165) is 0 Å². The number of nitrogens with zero attached hydrogens (tertiary/aromatic N) is 3. The molecule has 5 N–H and O–H groups in total. The van der Waals surface area contributed by atoms with Gasteiger partial charge in [0.2, 0.25) is 0 Å². The molecule has 1 aliphatic rings. The summed E-state index contributed by atoms with van der Waals surface area (Å²) < 4.78 is 7.34. The van der Waals surface area contributed by atoms with E-state index in [4.69, 9.17) is 10.5 Å². The maximum Gasteiger partial charge on any atom is 0.251 e. The van der Waals surface area contributed by atoms with Crippen molar-refractivity contribution in [1.82, 2.24) is 19.9 Å². The molecule has 3 heterocycles. The van der Waals surface area contributed by atoms with E-state index >= 15 is 0 Å². The summed E-state index contributed by atoms with van der Waals surface area (Å²) in [4.78, 5) is 20.9. The molecule has 0 aliphatic carbocycles. The fraction of sp³-hybridized carbons (Fsp3) is 0.278. The molecule has 0 saturated carbocycles. The number of aliphatic hydroxyl groups excluding tert-OH is 2. The van der Waals surface area contributed by atoms with Crippen molar-refractivity contribution in [2.45, 2.75) is 24.5 Å². The molecular weight excluding hydrogens is 350 g/mol. The average Bonchev–Trinajstić information content (AvgIpc) is 3.25. The molecule has 1 unspecified atom stereocenters. The molecule has 9 nitrogen and oxygen atoms in total. The van der Waals surface area contributed by atoms with Crippen LogP contribution in [0.25, 0.3) is 11.2 Å². The van der Waals surface area contributed by atoms with Gasteiger partial charge in [-0.15, -0.1) is 0 Å². The molecule has 0 radical (unpaired) electrons. The highest BCUT2D eigenvalue weighted by Gasteiger charge is 2.45. The first-order valence-corrected chi connectivity index (χ1v) is 8.47. The summed E-state index contributed by atoms with van der Waals surface area (Å²) in [6.07, 6.45) is 0.238. The van der Waals surface area contributed by atoms with Gasteiger partial charge in [0.05, 0.1) is 24.7 Å². The molecular formula is C18H19N5O4. The molecule has 1 aliphatic heterocycles. The van der Waals surface area contributed by atoms with Gasteiger partial charge >= 0.3 is 0 Å². The van der Waals surface area contributed by atoms with E-state index < -0.39 is 24.5 Å². The zero-order valence-electron chi connectivity index (χ0n) is 14.3. The molecule has 1 saturated heterocycles. The Bertz CT molecular complexity index is 961. The lowest BCUT2D eigenvalue weighted by Crippen LogP contribution is -2.48. The number of rotatable bonds is 4. The summed E-state index contributed by atoms with van der Waals surface area (Å²) in [7, 11) is 0. The number of ether oxygens (including phenoxy) is 1. The van der Waals surface area contributed by atoms with Crippen LogP contribution in [-0.4, -0.2) is 55.5 Å². The van der Waals surface area contributed by atoms with Crippen molar-refractivity contribution < 1.29 is 19.7 Å². The van der Waals surface area contributed by atoms with Gasteiger partial charge in [0, 0.05) is 11.8 Å². The van der Waals surface area contributed by atoms with Crippen LogP contribution in [0.2, 0.25) is 0 Å². The lowest BCUT2D eigenvalue weighted by atomic mass is 10.1. The van der Waals surface area contributed by atoms with Crippen molar-refractivity contribution in [2.75, 3.05) is 12.3 Å². The third kappa shape index (κ3) is 3.01. The van der Waals surface area contributed by atoms with Crippen LogP contribution >= 0.6 is 0 Å². The van der Waals surface area contributed by atoms with Crippen LogP contribution in [-0.2, 0) is 4.74 Å². The zero-order valence-corrected chi connectivity index (χ0v) is 14.3. The van der Waals surface area contributed by atoms with Crippen LogP contribution in [0.4, 0.5) is 5.69 Å². The molecule has 9 heteroatoms. The summed E-state index contributed by atoms with van der Waals surface area (Å²) in [6, 6.07) is 9.46. The van der Waals surface area contributed by atoms with Gasteiger partial charge in [0.1, 0.15) is 17.7 Å². The summed E-state index contributed by atoms with van der Waals surface area (Å²) in [5.41, 5.74) is 7.75. The minimum atomic E-state index is -1.12. The van der Waals surface area contributed by atoms with Crippen molar-refractivity contribution >= 4 is 22.8 Å². The Hall–Kier alpha value is -3.01. The Morgan fingerprint density at radius 1 is 1.26 bits per heavy atom. The Morgan fingerprint density at radius 2 is 2.04 bits per heavy atom. The Balaban J connectivity index is 1.61. The van der Waals surface area contributed by atoms with Gasteiger partial charge in [-0.2, -0.15) is 0 Å². The predicted molar refractivity (Wildman–Crippen MR) is 96.6 cm³/mol. The van der Waals surface area contributed by atoms with Crippen molar-refractivity contribution in [2.24, 2.45) is 0 Å². The third-order valence-corrected chi connectivity index (χ3v) is 4.65.